The first-order valence-corrected chi connectivity index (χ1v) is 6.99. The van der Waals surface area contributed by atoms with Crippen LogP contribution in [0.5, 0.6) is 0 Å². The van der Waals surface area contributed by atoms with Crippen molar-refractivity contribution in [3.63, 3.8) is 0 Å². The Balaban J connectivity index is 2.53. The van der Waals surface area contributed by atoms with E-state index in [-0.39, 0.29) is 0 Å². The third kappa shape index (κ3) is 3.21. The third-order valence-electron chi connectivity index (χ3n) is 4.91. The molecule has 0 saturated carbocycles. The smallest absolute Gasteiger partial charge is 0.00500 e. The summed E-state index contributed by atoms with van der Waals surface area (Å²) in [5.74, 6) is 1.74. The summed E-state index contributed by atoms with van der Waals surface area (Å²) >= 11 is 0. The van der Waals surface area contributed by atoms with Gasteiger partial charge >= 0.3 is 0 Å². The largest absolute Gasteiger partial charge is 0.330 e. The van der Waals surface area contributed by atoms with Crippen molar-refractivity contribution in [1.82, 2.24) is 4.90 Å². The molecule has 1 fully saturated rings. The SMILES string of the molecule is CCC(CC)(CN)CN1CCC(C)C(C)C1. The molecule has 2 N–H and O–H groups in total. The predicted octanol–water partition coefficient (Wildman–Crippen LogP) is 2.73. The van der Waals surface area contributed by atoms with Gasteiger partial charge in [-0.15, -0.1) is 0 Å². The summed E-state index contributed by atoms with van der Waals surface area (Å²) in [4.78, 5) is 2.64. The summed E-state index contributed by atoms with van der Waals surface area (Å²) in [6.45, 7) is 13.9. The van der Waals surface area contributed by atoms with Gasteiger partial charge in [-0.1, -0.05) is 27.7 Å². The monoisotopic (exact) mass is 226 g/mol. The topological polar surface area (TPSA) is 29.3 Å². The fraction of sp³-hybridized carbons (Fsp3) is 1.00. The van der Waals surface area contributed by atoms with Gasteiger partial charge in [0.25, 0.3) is 0 Å². The molecular formula is C14H30N2. The van der Waals surface area contributed by atoms with E-state index in [0.717, 1.165) is 18.4 Å². The molecule has 0 aromatic heterocycles. The number of piperidine rings is 1. The van der Waals surface area contributed by atoms with Crippen LogP contribution in [0.4, 0.5) is 0 Å². The molecule has 0 aromatic carbocycles. The van der Waals surface area contributed by atoms with Crippen molar-refractivity contribution in [2.45, 2.75) is 47.0 Å². The Bertz CT molecular complexity index is 191. The van der Waals surface area contributed by atoms with Gasteiger partial charge < -0.3 is 10.6 Å². The standard InChI is InChI=1S/C14H30N2/c1-5-14(6-2,10-15)11-16-8-7-12(3)13(4)9-16/h12-13H,5-11,15H2,1-4H3. The number of hydrogen-bond donors (Lipinski definition) is 1. The van der Waals surface area contributed by atoms with Crippen molar-refractivity contribution in [1.29, 1.82) is 0 Å². The van der Waals surface area contributed by atoms with Crippen molar-refractivity contribution < 1.29 is 0 Å². The fourth-order valence-corrected chi connectivity index (χ4v) is 2.79. The first kappa shape index (κ1) is 14.0. The molecule has 0 spiro atoms. The second kappa shape index (κ2) is 6.02. The van der Waals surface area contributed by atoms with Crippen molar-refractivity contribution in [3.8, 4) is 0 Å². The Kier molecular flexibility index (Phi) is 5.26. The number of likely N-dealkylation sites (tertiary alicyclic amines) is 1. The lowest BCUT2D eigenvalue weighted by molar-refractivity contribution is 0.0807. The average molecular weight is 226 g/mol. The van der Waals surface area contributed by atoms with E-state index in [1.807, 2.05) is 0 Å². The predicted molar refractivity (Wildman–Crippen MR) is 71.5 cm³/mol. The molecule has 2 nitrogen and oxygen atoms in total. The van der Waals surface area contributed by atoms with Gasteiger partial charge in [0.15, 0.2) is 0 Å². The highest BCUT2D eigenvalue weighted by Crippen LogP contribution is 2.30. The maximum Gasteiger partial charge on any atom is 0.00500 e. The molecule has 0 aliphatic carbocycles. The number of nitrogens with two attached hydrogens (primary N) is 1. The summed E-state index contributed by atoms with van der Waals surface area (Å²) in [6, 6.07) is 0. The quantitative estimate of drug-likeness (QED) is 0.781. The summed E-state index contributed by atoms with van der Waals surface area (Å²) in [7, 11) is 0. The normalized spacial score (nSPS) is 28.3. The Morgan fingerprint density at radius 3 is 2.25 bits per heavy atom. The van der Waals surface area contributed by atoms with Gasteiger partial charge in [-0.05, 0) is 49.6 Å². The molecule has 0 radical (unpaired) electrons. The molecule has 1 heterocycles. The maximum absolute atomic E-state index is 5.98. The van der Waals surface area contributed by atoms with E-state index in [1.165, 1.54) is 38.9 Å². The molecule has 1 aliphatic heterocycles. The van der Waals surface area contributed by atoms with E-state index in [9.17, 15) is 0 Å². The zero-order chi connectivity index (χ0) is 12.2. The van der Waals surface area contributed by atoms with Crippen LogP contribution in [0.1, 0.15) is 47.0 Å². The highest BCUT2D eigenvalue weighted by atomic mass is 15.1. The number of nitrogens with zero attached hydrogens (tertiary/aromatic N) is 1. The van der Waals surface area contributed by atoms with Crippen LogP contribution in [-0.2, 0) is 0 Å². The van der Waals surface area contributed by atoms with E-state index >= 15 is 0 Å². The van der Waals surface area contributed by atoms with Crippen LogP contribution in [-0.4, -0.2) is 31.1 Å². The zero-order valence-electron chi connectivity index (χ0n) is 11.6. The minimum absolute atomic E-state index is 0.361. The van der Waals surface area contributed by atoms with Crippen molar-refractivity contribution >= 4 is 0 Å². The highest BCUT2D eigenvalue weighted by molar-refractivity contribution is 4.84. The Morgan fingerprint density at radius 1 is 1.19 bits per heavy atom. The minimum atomic E-state index is 0.361. The van der Waals surface area contributed by atoms with Crippen LogP contribution in [0.25, 0.3) is 0 Å². The second-order valence-electron chi connectivity index (χ2n) is 5.89. The van der Waals surface area contributed by atoms with Crippen molar-refractivity contribution in [2.75, 3.05) is 26.2 Å². The molecule has 2 heteroatoms. The molecule has 1 aliphatic rings. The van der Waals surface area contributed by atoms with E-state index < -0.39 is 0 Å². The Labute approximate surface area is 102 Å². The van der Waals surface area contributed by atoms with Crippen molar-refractivity contribution in [3.05, 3.63) is 0 Å². The van der Waals surface area contributed by atoms with Gasteiger partial charge in [-0.2, -0.15) is 0 Å². The lowest BCUT2D eigenvalue weighted by atomic mass is 9.80. The summed E-state index contributed by atoms with van der Waals surface area (Å²) in [5, 5.41) is 0. The molecule has 96 valence electrons. The molecular weight excluding hydrogens is 196 g/mol. The lowest BCUT2D eigenvalue weighted by Crippen LogP contribution is -2.47. The van der Waals surface area contributed by atoms with Gasteiger partial charge in [-0.25, -0.2) is 0 Å². The van der Waals surface area contributed by atoms with E-state index in [4.69, 9.17) is 5.73 Å². The van der Waals surface area contributed by atoms with Gasteiger partial charge in [0, 0.05) is 13.1 Å². The lowest BCUT2D eigenvalue weighted by Gasteiger charge is -2.41. The van der Waals surface area contributed by atoms with Crippen LogP contribution < -0.4 is 5.73 Å². The van der Waals surface area contributed by atoms with Gasteiger partial charge in [0.05, 0.1) is 0 Å². The molecule has 2 unspecified atom stereocenters. The fourth-order valence-electron chi connectivity index (χ4n) is 2.79. The van der Waals surface area contributed by atoms with Crippen LogP contribution in [0.15, 0.2) is 0 Å². The summed E-state index contributed by atoms with van der Waals surface area (Å²) in [6.07, 6.45) is 3.77. The molecule has 1 saturated heterocycles. The van der Waals surface area contributed by atoms with E-state index in [2.05, 4.69) is 32.6 Å². The van der Waals surface area contributed by atoms with Gasteiger partial charge in [0.2, 0.25) is 0 Å². The average Bonchev–Trinajstić information content (AvgIpc) is 2.31. The minimum Gasteiger partial charge on any atom is -0.330 e. The zero-order valence-corrected chi connectivity index (χ0v) is 11.6. The molecule has 2 atom stereocenters. The summed E-state index contributed by atoms with van der Waals surface area (Å²) < 4.78 is 0. The molecule has 1 rings (SSSR count). The molecule has 16 heavy (non-hydrogen) atoms. The number of rotatable bonds is 5. The van der Waals surface area contributed by atoms with E-state index in [1.54, 1.807) is 0 Å². The first-order valence-electron chi connectivity index (χ1n) is 6.99. The molecule has 0 aromatic rings. The summed E-state index contributed by atoms with van der Waals surface area (Å²) in [5.41, 5.74) is 6.34. The van der Waals surface area contributed by atoms with Gasteiger partial charge in [-0.3, -0.25) is 0 Å². The van der Waals surface area contributed by atoms with Crippen LogP contribution in [0, 0.1) is 17.3 Å². The number of hydrogen-bond acceptors (Lipinski definition) is 2. The Morgan fingerprint density at radius 2 is 1.81 bits per heavy atom. The van der Waals surface area contributed by atoms with Gasteiger partial charge in [0.1, 0.15) is 0 Å². The maximum atomic E-state index is 5.98. The third-order valence-corrected chi connectivity index (χ3v) is 4.91. The first-order chi connectivity index (χ1) is 7.56. The highest BCUT2D eigenvalue weighted by Gasteiger charge is 2.30. The van der Waals surface area contributed by atoms with Crippen LogP contribution >= 0.6 is 0 Å². The van der Waals surface area contributed by atoms with Crippen LogP contribution in [0.3, 0.4) is 0 Å². The van der Waals surface area contributed by atoms with E-state index in [0.29, 0.717) is 5.41 Å². The van der Waals surface area contributed by atoms with Crippen LogP contribution in [0.2, 0.25) is 0 Å². The molecule has 0 amide bonds. The van der Waals surface area contributed by atoms with Crippen molar-refractivity contribution in [2.24, 2.45) is 23.0 Å². The Hall–Kier alpha value is -0.0800. The second-order valence-corrected chi connectivity index (χ2v) is 5.89. The molecule has 0 bridgehead atoms.